The van der Waals surface area contributed by atoms with Crippen LogP contribution in [0.2, 0.25) is 0 Å². The van der Waals surface area contributed by atoms with E-state index in [1.807, 2.05) is 6.92 Å². The number of aliphatic hydroxyl groups is 1. The molecule has 0 aliphatic carbocycles. The lowest BCUT2D eigenvalue weighted by molar-refractivity contribution is 0.133. The predicted octanol–water partition coefficient (Wildman–Crippen LogP) is 2.15. The summed E-state index contributed by atoms with van der Waals surface area (Å²) >= 11 is 0. The van der Waals surface area contributed by atoms with E-state index >= 15 is 0 Å². The summed E-state index contributed by atoms with van der Waals surface area (Å²) in [6.07, 6.45) is -0.203. The van der Waals surface area contributed by atoms with Crippen molar-refractivity contribution < 1.29 is 19.4 Å². The third-order valence-electron chi connectivity index (χ3n) is 4.32. The number of halogens is 1. The molecule has 3 atom stereocenters. The molecule has 3 N–H and O–H groups in total. The third kappa shape index (κ3) is 3.56. The van der Waals surface area contributed by atoms with Gasteiger partial charge in [-0.1, -0.05) is 6.07 Å². The second-order valence-electron chi connectivity index (χ2n) is 5.96. The summed E-state index contributed by atoms with van der Waals surface area (Å²) in [6.45, 7) is 4.80. The fraction of sp³-hybridized carbons (Fsp3) is 0.562. The second-order valence-corrected chi connectivity index (χ2v) is 5.96. The molecule has 0 saturated carbocycles. The van der Waals surface area contributed by atoms with Crippen molar-refractivity contribution >= 4 is 6.09 Å². The fourth-order valence-corrected chi connectivity index (χ4v) is 3.09. The van der Waals surface area contributed by atoms with Gasteiger partial charge in [0.15, 0.2) is 0 Å². The number of hydrogen-bond acceptors (Lipinski definition) is 3. The van der Waals surface area contributed by atoms with Crippen molar-refractivity contribution in [2.75, 3.05) is 19.7 Å². The van der Waals surface area contributed by atoms with E-state index in [4.69, 9.17) is 5.11 Å². The summed E-state index contributed by atoms with van der Waals surface area (Å²) in [4.78, 5) is 12.9. The van der Waals surface area contributed by atoms with E-state index in [0.717, 1.165) is 17.5 Å². The van der Waals surface area contributed by atoms with Gasteiger partial charge in [0.05, 0.1) is 12.6 Å². The monoisotopic (exact) mass is 310 g/mol. The molecule has 1 saturated heterocycles. The summed E-state index contributed by atoms with van der Waals surface area (Å²) in [5.74, 6) is -0.209. The first kappa shape index (κ1) is 16.7. The topological polar surface area (TPSA) is 72.8 Å². The molecule has 0 aromatic heterocycles. The molecule has 0 radical (unpaired) electrons. The van der Waals surface area contributed by atoms with Crippen LogP contribution in [0.3, 0.4) is 0 Å². The van der Waals surface area contributed by atoms with Crippen LogP contribution in [-0.2, 0) is 0 Å². The number of likely N-dealkylation sites (tertiary alicyclic amines) is 1. The molecule has 1 heterocycles. The minimum absolute atomic E-state index is 0.0335. The highest BCUT2D eigenvalue weighted by atomic mass is 19.1. The Morgan fingerprint density at radius 3 is 2.86 bits per heavy atom. The molecule has 1 amide bonds. The Bertz CT molecular complexity index is 538. The number of carbonyl (C=O) groups is 1. The number of nitrogens with one attached hydrogen (secondary N) is 1. The number of nitrogens with zero attached hydrogens (tertiary/aromatic N) is 1. The van der Waals surface area contributed by atoms with E-state index in [-0.39, 0.29) is 30.4 Å². The van der Waals surface area contributed by atoms with Crippen LogP contribution >= 0.6 is 0 Å². The van der Waals surface area contributed by atoms with Crippen LogP contribution in [0.25, 0.3) is 0 Å². The van der Waals surface area contributed by atoms with Gasteiger partial charge < -0.3 is 20.4 Å². The van der Waals surface area contributed by atoms with Gasteiger partial charge in [-0.25, -0.2) is 9.18 Å². The SMILES string of the molecule is Cc1cc(F)ccc1C1C(CNC(C)CO)CCN1C(=O)O. The molecular formula is C16H23FN2O3. The van der Waals surface area contributed by atoms with Crippen molar-refractivity contribution in [2.45, 2.75) is 32.4 Å². The maximum Gasteiger partial charge on any atom is 0.407 e. The van der Waals surface area contributed by atoms with Gasteiger partial charge >= 0.3 is 6.09 Å². The molecule has 2 rings (SSSR count). The number of amides is 1. The van der Waals surface area contributed by atoms with Gasteiger partial charge in [0, 0.05) is 19.1 Å². The maximum atomic E-state index is 13.3. The molecule has 5 nitrogen and oxygen atoms in total. The van der Waals surface area contributed by atoms with Crippen molar-refractivity contribution in [2.24, 2.45) is 5.92 Å². The molecule has 1 fully saturated rings. The zero-order chi connectivity index (χ0) is 16.3. The standard InChI is InChI=1S/C16H23FN2O3/c1-10-7-13(17)3-4-14(10)15-12(8-18-11(2)9-20)5-6-19(15)16(21)22/h3-4,7,11-12,15,18,20H,5-6,8-9H2,1-2H3,(H,21,22). The lowest BCUT2D eigenvalue weighted by atomic mass is 9.90. The van der Waals surface area contributed by atoms with Crippen molar-refractivity contribution in [3.8, 4) is 0 Å². The van der Waals surface area contributed by atoms with E-state index in [0.29, 0.717) is 13.1 Å². The van der Waals surface area contributed by atoms with E-state index < -0.39 is 6.09 Å². The summed E-state index contributed by atoms with van der Waals surface area (Å²) in [7, 11) is 0. The molecule has 0 spiro atoms. The van der Waals surface area contributed by atoms with Crippen LogP contribution in [0.5, 0.6) is 0 Å². The summed E-state index contributed by atoms with van der Waals surface area (Å²) in [5.41, 5.74) is 1.61. The minimum Gasteiger partial charge on any atom is -0.465 e. The van der Waals surface area contributed by atoms with Crippen LogP contribution in [0, 0.1) is 18.7 Å². The van der Waals surface area contributed by atoms with Crippen LogP contribution in [0.15, 0.2) is 18.2 Å². The van der Waals surface area contributed by atoms with Crippen molar-refractivity contribution in [3.05, 3.63) is 35.1 Å². The Hall–Kier alpha value is -1.66. The lowest BCUT2D eigenvalue weighted by Gasteiger charge is -2.28. The van der Waals surface area contributed by atoms with Crippen molar-refractivity contribution in [1.82, 2.24) is 10.2 Å². The molecule has 122 valence electrons. The van der Waals surface area contributed by atoms with Gasteiger partial charge in [-0.3, -0.25) is 0 Å². The van der Waals surface area contributed by atoms with Crippen LogP contribution in [0.1, 0.15) is 30.5 Å². The van der Waals surface area contributed by atoms with E-state index in [2.05, 4.69) is 5.32 Å². The normalized spacial score (nSPS) is 22.8. The van der Waals surface area contributed by atoms with Crippen LogP contribution in [-0.4, -0.2) is 46.9 Å². The number of aryl methyl sites for hydroxylation is 1. The highest BCUT2D eigenvalue weighted by molar-refractivity contribution is 5.66. The Morgan fingerprint density at radius 1 is 1.55 bits per heavy atom. The number of carboxylic acid groups (broad SMARTS) is 1. The second kappa shape index (κ2) is 7.07. The van der Waals surface area contributed by atoms with Gasteiger partial charge in [-0.2, -0.15) is 0 Å². The maximum absolute atomic E-state index is 13.3. The molecule has 22 heavy (non-hydrogen) atoms. The average Bonchev–Trinajstić information content (AvgIpc) is 2.88. The van der Waals surface area contributed by atoms with Crippen molar-refractivity contribution in [1.29, 1.82) is 0 Å². The minimum atomic E-state index is -0.952. The Balaban J connectivity index is 2.24. The number of rotatable bonds is 5. The molecule has 3 unspecified atom stereocenters. The first-order valence-electron chi connectivity index (χ1n) is 7.54. The molecular weight excluding hydrogens is 287 g/mol. The summed E-state index contributed by atoms with van der Waals surface area (Å²) in [5, 5.41) is 21.7. The van der Waals surface area contributed by atoms with Crippen molar-refractivity contribution in [3.63, 3.8) is 0 Å². The highest BCUT2D eigenvalue weighted by Gasteiger charge is 2.38. The molecule has 1 aromatic rings. The Labute approximate surface area is 129 Å². The predicted molar refractivity (Wildman–Crippen MR) is 81.3 cm³/mol. The number of hydrogen-bond donors (Lipinski definition) is 3. The molecule has 6 heteroatoms. The van der Waals surface area contributed by atoms with Gasteiger partial charge in [0.1, 0.15) is 5.82 Å². The molecule has 1 aliphatic heterocycles. The van der Waals surface area contributed by atoms with E-state index in [1.54, 1.807) is 13.0 Å². The van der Waals surface area contributed by atoms with Crippen LogP contribution in [0.4, 0.5) is 9.18 Å². The molecule has 1 aromatic carbocycles. The fourth-order valence-electron chi connectivity index (χ4n) is 3.09. The Kier molecular flexibility index (Phi) is 5.37. The largest absolute Gasteiger partial charge is 0.465 e. The average molecular weight is 310 g/mol. The zero-order valence-electron chi connectivity index (χ0n) is 12.9. The van der Waals surface area contributed by atoms with Crippen LogP contribution < -0.4 is 5.32 Å². The number of aliphatic hydroxyl groups excluding tert-OH is 1. The number of benzene rings is 1. The summed E-state index contributed by atoms with van der Waals surface area (Å²) < 4.78 is 13.3. The van der Waals surface area contributed by atoms with Gasteiger partial charge in [0.2, 0.25) is 0 Å². The quantitative estimate of drug-likeness (QED) is 0.779. The first-order valence-corrected chi connectivity index (χ1v) is 7.54. The molecule has 1 aliphatic rings. The highest BCUT2D eigenvalue weighted by Crippen LogP contribution is 2.38. The van der Waals surface area contributed by atoms with E-state index in [9.17, 15) is 14.3 Å². The summed E-state index contributed by atoms with van der Waals surface area (Å²) in [6, 6.07) is 4.18. The smallest absolute Gasteiger partial charge is 0.407 e. The van der Waals surface area contributed by atoms with Gasteiger partial charge in [0.25, 0.3) is 0 Å². The van der Waals surface area contributed by atoms with Gasteiger partial charge in [-0.05, 0) is 49.4 Å². The molecule has 0 bridgehead atoms. The first-order chi connectivity index (χ1) is 10.4. The third-order valence-corrected chi connectivity index (χ3v) is 4.32. The zero-order valence-corrected chi connectivity index (χ0v) is 12.9. The lowest BCUT2D eigenvalue weighted by Crippen LogP contribution is -2.37. The van der Waals surface area contributed by atoms with E-state index in [1.165, 1.54) is 17.0 Å². The Morgan fingerprint density at radius 2 is 2.27 bits per heavy atom. The van der Waals surface area contributed by atoms with Gasteiger partial charge in [-0.15, -0.1) is 0 Å².